The Balaban J connectivity index is 1.40. The summed E-state index contributed by atoms with van der Waals surface area (Å²) >= 11 is 0. The van der Waals surface area contributed by atoms with Gasteiger partial charge in [-0.1, -0.05) is 36.3 Å². The molecule has 1 aliphatic heterocycles. The third-order valence-electron chi connectivity index (χ3n) is 6.27. The first-order valence-electron chi connectivity index (χ1n) is 10.9. The molecule has 0 saturated carbocycles. The largest absolute Gasteiger partial charge is 0.508 e. The summed E-state index contributed by atoms with van der Waals surface area (Å²) in [5.41, 5.74) is 3.66. The highest BCUT2D eigenvalue weighted by Gasteiger charge is 2.25. The molecule has 0 radical (unpaired) electrons. The highest BCUT2D eigenvalue weighted by atomic mass is 16.3. The molecule has 2 aromatic carbocycles. The van der Waals surface area contributed by atoms with Gasteiger partial charge in [-0.3, -0.25) is 4.79 Å². The number of hydrogen-bond donors (Lipinski definition) is 2. The van der Waals surface area contributed by atoms with Crippen molar-refractivity contribution < 1.29 is 9.90 Å². The van der Waals surface area contributed by atoms with E-state index in [0.717, 1.165) is 55.5 Å². The Morgan fingerprint density at radius 1 is 1.19 bits per heavy atom. The van der Waals surface area contributed by atoms with Crippen molar-refractivity contribution in [2.45, 2.75) is 38.8 Å². The fourth-order valence-corrected chi connectivity index (χ4v) is 4.54. The molecule has 31 heavy (non-hydrogen) atoms. The number of aromatic hydroxyl groups is 1. The maximum absolute atomic E-state index is 13.2. The van der Waals surface area contributed by atoms with E-state index < -0.39 is 0 Å². The third kappa shape index (κ3) is 4.60. The van der Waals surface area contributed by atoms with Crippen LogP contribution in [0, 0.1) is 19.3 Å². The lowest BCUT2D eigenvalue weighted by Crippen LogP contribution is -2.45. The Kier molecular flexibility index (Phi) is 6.29. The van der Waals surface area contributed by atoms with Gasteiger partial charge in [0.2, 0.25) is 0 Å². The zero-order valence-electron chi connectivity index (χ0n) is 18.0. The van der Waals surface area contributed by atoms with Gasteiger partial charge in [0.25, 0.3) is 5.91 Å². The molecular formula is C26H29N3O2. The Labute approximate surface area is 183 Å². The van der Waals surface area contributed by atoms with Crippen LogP contribution in [-0.2, 0) is 13.0 Å². The molecule has 1 aromatic heterocycles. The number of aromatic nitrogens is 1. The van der Waals surface area contributed by atoms with Crippen LogP contribution in [0.25, 0.3) is 10.9 Å². The zero-order chi connectivity index (χ0) is 21.8. The molecule has 2 N–H and O–H groups in total. The van der Waals surface area contributed by atoms with Gasteiger partial charge in [0.1, 0.15) is 5.75 Å². The second-order valence-corrected chi connectivity index (χ2v) is 8.28. The van der Waals surface area contributed by atoms with Gasteiger partial charge in [-0.2, -0.15) is 0 Å². The molecule has 1 amide bonds. The molecule has 0 unspecified atom stereocenters. The van der Waals surface area contributed by atoms with E-state index in [2.05, 4.69) is 40.4 Å². The average molecular weight is 416 g/mol. The van der Waals surface area contributed by atoms with E-state index in [0.29, 0.717) is 12.1 Å². The second-order valence-electron chi connectivity index (χ2n) is 8.28. The van der Waals surface area contributed by atoms with Crippen LogP contribution in [0.3, 0.4) is 0 Å². The monoisotopic (exact) mass is 415 g/mol. The number of nitrogens with one attached hydrogen (secondary N) is 1. The predicted molar refractivity (Wildman–Crippen MR) is 124 cm³/mol. The second kappa shape index (κ2) is 9.28. The van der Waals surface area contributed by atoms with Crippen molar-refractivity contribution in [1.29, 1.82) is 0 Å². The van der Waals surface area contributed by atoms with Gasteiger partial charge in [0.15, 0.2) is 0 Å². The average Bonchev–Trinajstić information content (AvgIpc) is 3.05. The quantitative estimate of drug-likeness (QED) is 0.603. The lowest BCUT2D eigenvalue weighted by Gasteiger charge is -2.32. The molecule has 160 valence electrons. The minimum Gasteiger partial charge on any atom is -0.508 e. The molecule has 0 atom stereocenters. The lowest BCUT2D eigenvalue weighted by atomic mass is 10.0. The number of terminal acetylenes is 1. The number of carbonyl (C=O) groups excluding carboxylic acids is 1. The molecule has 1 fully saturated rings. The standard InChI is InChI=1S/C26H29N3O2/c1-3-14-29-19(2)25(23-18-22(30)9-10-24(23)29)26(31)27-21-12-16-28(17-13-21)15-11-20-7-5-4-6-8-20/h1,4-10,18,21,30H,11-17H2,2H3,(H,27,31). The number of nitrogens with zero attached hydrogens (tertiary/aromatic N) is 2. The summed E-state index contributed by atoms with van der Waals surface area (Å²) < 4.78 is 1.95. The van der Waals surface area contributed by atoms with E-state index in [9.17, 15) is 9.90 Å². The Morgan fingerprint density at radius 3 is 2.65 bits per heavy atom. The van der Waals surface area contributed by atoms with Crippen LogP contribution in [0.4, 0.5) is 0 Å². The normalized spacial score (nSPS) is 15.1. The molecular weight excluding hydrogens is 386 g/mol. The van der Waals surface area contributed by atoms with Gasteiger partial charge in [-0.05, 0) is 49.9 Å². The van der Waals surface area contributed by atoms with E-state index in [1.807, 2.05) is 23.6 Å². The minimum absolute atomic E-state index is 0.0911. The number of likely N-dealkylation sites (tertiary alicyclic amines) is 1. The van der Waals surface area contributed by atoms with Crippen molar-refractivity contribution in [1.82, 2.24) is 14.8 Å². The maximum atomic E-state index is 13.2. The SMILES string of the molecule is C#CCn1c(C)c(C(=O)NC2CCN(CCc3ccccc3)CC2)c2cc(O)ccc21. The molecule has 0 bridgehead atoms. The number of rotatable bonds is 6. The van der Waals surface area contributed by atoms with Crippen molar-refractivity contribution in [3.8, 4) is 18.1 Å². The zero-order valence-corrected chi connectivity index (χ0v) is 18.0. The van der Waals surface area contributed by atoms with Gasteiger partial charge in [-0.25, -0.2) is 0 Å². The molecule has 1 aliphatic rings. The third-order valence-corrected chi connectivity index (χ3v) is 6.27. The first-order valence-corrected chi connectivity index (χ1v) is 10.9. The number of amides is 1. The van der Waals surface area contributed by atoms with Crippen LogP contribution >= 0.6 is 0 Å². The molecule has 5 heteroatoms. The summed E-state index contributed by atoms with van der Waals surface area (Å²) in [5.74, 6) is 2.71. The highest BCUT2D eigenvalue weighted by molar-refractivity contribution is 6.09. The molecule has 3 aromatic rings. The first kappa shape index (κ1) is 21.0. The summed E-state index contributed by atoms with van der Waals surface area (Å²) in [6, 6.07) is 15.8. The first-order chi connectivity index (χ1) is 15.1. The molecule has 4 rings (SSSR count). The van der Waals surface area contributed by atoms with Crippen LogP contribution < -0.4 is 5.32 Å². The number of hydrogen-bond acceptors (Lipinski definition) is 3. The van der Waals surface area contributed by atoms with Gasteiger partial charge >= 0.3 is 0 Å². The van der Waals surface area contributed by atoms with Crippen LogP contribution in [0.15, 0.2) is 48.5 Å². The fraction of sp³-hybridized carbons (Fsp3) is 0.346. The van der Waals surface area contributed by atoms with Crippen molar-refractivity contribution in [2.75, 3.05) is 19.6 Å². The van der Waals surface area contributed by atoms with Crippen LogP contribution in [0.1, 0.15) is 34.5 Å². The topological polar surface area (TPSA) is 57.5 Å². The Morgan fingerprint density at radius 2 is 1.94 bits per heavy atom. The van der Waals surface area contributed by atoms with E-state index in [4.69, 9.17) is 6.42 Å². The van der Waals surface area contributed by atoms with Gasteiger partial charge in [0, 0.05) is 36.8 Å². The summed E-state index contributed by atoms with van der Waals surface area (Å²) in [6.45, 7) is 5.31. The Bertz CT molecular complexity index is 1100. The van der Waals surface area contributed by atoms with E-state index in [-0.39, 0.29) is 17.7 Å². The van der Waals surface area contributed by atoms with Gasteiger partial charge in [0.05, 0.1) is 17.6 Å². The number of phenolic OH excluding ortho intramolecular Hbond substituents is 1. The van der Waals surface area contributed by atoms with Gasteiger partial charge in [-0.15, -0.1) is 6.42 Å². The highest BCUT2D eigenvalue weighted by Crippen LogP contribution is 2.29. The van der Waals surface area contributed by atoms with E-state index >= 15 is 0 Å². The smallest absolute Gasteiger partial charge is 0.253 e. The number of benzene rings is 2. The van der Waals surface area contributed by atoms with Crippen LogP contribution in [-0.4, -0.2) is 46.2 Å². The molecule has 5 nitrogen and oxygen atoms in total. The molecule has 1 saturated heterocycles. The lowest BCUT2D eigenvalue weighted by molar-refractivity contribution is 0.0912. The summed E-state index contributed by atoms with van der Waals surface area (Å²) in [7, 11) is 0. The fourth-order valence-electron chi connectivity index (χ4n) is 4.54. The van der Waals surface area contributed by atoms with Crippen molar-refractivity contribution in [2.24, 2.45) is 0 Å². The molecule has 0 aliphatic carbocycles. The summed E-state index contributed by atoms with van der Waals surface area (Å²) in [5, 5.41) is 13.9. The predicted octanol–water partition coefficient (Wildman–Crippen LogP) is 3.73. The number of fused-ring (bicyclic) bond motifs is 1. The summed E-state index contributed by atoms with van der Waals surface area (Å²) in [6.07, 6.45) is 8.46. The molecule has 2 heterocycles. The Hall–Kier alpha value is -3.23. The molecule has 0 spiro atoms. The van der Waals surface area contributed by atoms with E-state index in [1.165, 1.54) is 5.56 Å². The van der Waals surface area contributed by atoms with Crippen molar-refractivity contribution in [3.05, 3.63) is 65.4 Å². The number of phenols is 1. The van der Waals surface area contributed by atoms with Crippen LogP contribution in [0.5, 0.6) is 5.75 Å². The van der Waals surface area contributed by atoms with Gasteiger partial charge < -0.3 is 19.9 Å². The number of piperidine rings is 1. The van der Waals surface area contributed by atoms with E-state index in [1.54, 1.807) is 12.1 Å². The summed E-state index contributed by atoms with van der Waals surface area (Å²) in [4.78, 5) is 15.7. The number of carbonyl (C=O) groups is 1. The van der Waals surface area contributed by atoms with Crippen molar-refractivity contribution in [3.63, 3.8) is 0 Å². The minimum atomic E-state index is -0.0911. The van der Waals surface area contributed by atoms with Crippen molar-refractivity contribution >= 4 is 16.8 Å². The maximum Gasteiger partial charge on any atom is 0.253 e. The van der Waals surface area contributed by atoms with Crippen LogP contribution in [0.2, 0.25) is 0 Å².